The van der Waals surface area contributed by atoms with Crippen LogP contribution in [0.1, 0.15) is 38.8 Å². The van der Waals surface area contributed by atoms with Crippen molar-refractivity contribution in [2.24, 2.45) is 5.73 Å². The molecule has 6 heteroatoms. The molecular formula is C18H29N3O3. The highest BCUT2D eigenvalue weighted by atomic mass is 16.6. The van der Waals surface area contributed by atoms with Gasteiger partial charge in [-0.2, -0.15) is 0 Å². The zero-order valence-corrected chi connectivity index (χ0v) is 15.0. The number of carbonyl (C=O) groups excluding carboxylic acids is 1. The predicted molar refractivity (Wildman–Crippen MR) is 94.1 cm³/mol. The molecule has 6 nitrogen and oxygen atoms in total. The van der Waals surface area contributed by atoms with E-state index in [2.05, 4.69) is 10.2 Å². The Morgan fingerprint density at radius 3 is 2.58 bits per heavy atom. The summed E-state index contributed by atoms with van der Waals surface area (Å²) in [6, 6.07) is 8.22. The summed E-state index contributed by atoms with van der Waals surface area (Å²) < 4.78 is 10.5. The second kappa shape index (κ2) is 7.85. The predicted octanol–water partition coefficient (Wildman–Crippen LogP) is 2.29. The van der Waals surface area contributed by atoms with E-state index in [4.69, 9.17) is 15.2 Å². The summed E-state index contributed by atoms with van der Waals surface area (Å²) >= 11 is 0. The van der Waals surface area contributed by atoms with Crippen LogP contribution < -0.4 is 15.8 Å². The molecule has 1 heterocycles. The maximum absolute atomic E-state index is 11.9. The molecule has 2 atom stereocenters. The van der Waals surface area contributed by atoms with Crippen LogP contribution in [0.3, 0.4) is 0 Å². The summed E-state index contributed by atoms with van der Waals surface area (Å²) in [5.41, 5.74) is 6.68. The van der Waals surface area contributed by atoms with Gasteiger partial charge in [-0.3, -0.25) is 4.90 Å². The molecule has 1 amide bonds. The second-order valence-corrected chi connectivity index (χ2v) is 7.15. The third kappa shape index (κ3) is 5.11. The number of alkyl carbamates (subject to hydrolysis) is 1. The van der Waals surface area contributed by atoms with Gasteiger partial charge in [0.05, 0.1) is 7.11 Å². The van der Waals surface area contributed by atoms with Crippen molar-refractivity contribution in [1.29, 1.82) is 0 Å². The molecule has 0 unspecified atom stereocenters. The summed E-state index contributed by atoms with van der Waals surface area (Å²) in [6.07, 6.45) is 0.536. The molecule has 0 spiro atoms. The number of likely N-dealkylation sites (tertiary alicyclic amines) is 1. The number of hydrogen-bond donors (Lipinski definition) is 2. The van der Waals surface area contributed by atoms with Crippen molar-refractivity contribution in [2.75, 3.05) is 26.7 Å². The van der Waals surface area contributed by atoms with Crippen molar-refractivity contribution >= 4 is 6.09 Å². The van der Waals surface area contributed by atoms with Gasteiger partial charge in [0, 0.05) is 31.7 Å². The Balaban J connectivity index is 1.93. The topological polar surface area (TPSA) is 76.8 Å². The van der Waals surface area contributed by atoms with E-state index in [1.165, 1.54) is 0 Å². The highest BCUT2D eigenvalue weighted by molar-refractivity contribution is 5.68. The molecule has 1 fully saturated rings. The van der Waals surface area contributed by atoms with E-state index in [9.17, 15) is 4.79 Å². The van der Waals surface area contributed by atoms with Crippen molar-refractivity contribution in [3.05, 3.63) is 29.8 Å². The van der Waals surface area contributed by atoms with Gasteiger partial charge >= 0.3 is 6.09 Å². The first kappa shape index (κ1) is 18.5. The van der Waals surface area contributed by atoms with E-state index >= 15 is 0 Å². The molecule has 1 aromatic rings. The van der Waals surface area contributed by atoms with Gasteiger partial charge in [0.25, 0.3) is 0 Å². The van der Waals surface area contributed by atoms with Crippen LogP contribution in [-0.2, 0) is 4.74 Å². The van der Waals surface area contributed by atoms with Crippen molar-refractivity contribution in [3.63, 3.8) is 0 Å². The van der Waals surface area contributed by atoms with E-state index < -0.39 is 5.60 Å². The van der Waals surface area contributed by atoms with Crippen LogP contribution in [-0.4, -0.2) is 49.4 Å². The van der Waals surface area contributed by atoms with Crippen molar-refractivity contribution < 1.29 is 14.3 Å². The molecule has 0 aliphatic carbocycles. The maximum Gasteiger partial charge on any atom is 0.407 e. The van der Waals surface area contributed by atoms with Crippen molar-refractivity contribution in [3.8, 4) is 5.75 Å². The van der Waals surface area contributed by atoms with E-state index in [1.807, 2.05) is 45.0 Å². The number of ether oxygens (including phenoxy) is 2. The summed E-state index contributed by atoms with van der Waals surface area (Å²) in [5.74, 6) is 0.834. The van der Waals surface area contributed by atoms with E-state index in [0.717, 1.165) is 30.8 Å². The lowest BCUT2D eigenvalue weighted by Crippen LogP contribution is -2.41. The van der Waals surface area contributed by atoms with Crippen LogP contribution in [0.4, 0.5) is 4.79 Å². The number of nitrogens with zero attached hydrogens (tertiary/aromatic N) is 1. The van der Waals surface area contributed by atoms with Crippen LogP contribution in [0.25, 0.3) is 0 Å². The first-order valence-corrected chi connectivity index (χ1v) is 8.40. The zero-order valence-electron chi connectivity index (χ0n) is 15.0. The normalized spacial score (nSPS) is 19.8. The first-order chi connectivity index (χ1) is 11.3. The molecule has 2 rings (SSSR count). The van der Waals surface area contributed by atoms with E-state index in [1.54, 1.807) is 7.11 Å². The zero-order chi connectivity index (χ0) is 17.7. The number of benzene rings is 1. The number of nitrogens with two attached hydrogens (primary N) is 1. The quantitative estimate of drug-likeness (QED) is 0.863. The van der Waals surface area contributed by atoms with Gasteiger partial charge in [-0.05, 0) is 44.9 Å². The van der Waals surface area contributed by atoms with Crippen LogP contribution in [0, 0.1) is 0 Å². The van der Waals surface area contributed by atoms with Gasteiger partial charge < -0.3 is 20.5 Å². The van der Waals surface area contributed by atoms with Crippen molar-refractivity contribution in [2.45, 2.75) is 44.9 Å². The van der Waals surface area contributed by atoms with Gasteiger partial charge in [-0.1, -0.05) is 12.1 Å². The van der Waals surface area contributed by atoms with Gasteiger partial charge in [0.15, 0.2) is 0 Å². The Kier molecular flexibility index (Phi) is 6.07. The lowest BCUT2D eigenvalue weighted by Gasteiger charge is -2.27. The van der Waals surface area contributed by atoms with E-state index in [0.29, 0.717) is 6.54 Å². The fourth-order valence-electron chi connectivity index (χ4n) is 2.98. The van der Waals surface area contributed by atoms with Gasteiger partial charge in [0.1, 0.15) is 11.4 Å². The SMILES string of the molecule is COc1ccc([C@H](CN)N2CC[C@@H](NC(=O)OC(C)(C)C)C2)cc1. The minimum Gasteiger partial charge on any atom is -0.497 e. The van der Waals surface area contributed by atoms with Crippen LogP contribution in [0.2, 0.25) is 0 Å². The fourth-order valence-corrected chi connectivity index (χ4v) is 2.98. The number of rotatable bonds is 5. The highest BCUT2D eigenvalue weighted by Gasteiger charge is 2.30. The minimum atomic E-state index is -0.481. The molecule has 0 aromatic heterocycles. The maximum atomic E-state index is 11.9. The monoisotopic (exact) mass is 335 g/mol. The minimum absolute atomic E-state index is 0.0900. The number of methoxy groups -OCH3 is 1. The third-order valence-electron chi connectivity index (χ3n) is 4.11. The van der Waals surface area contributed by atoms with E-state index in [-0.39, 0.29) is 18.2 Å². The van der Waals surface area contributed by atoms with Gasteiger partial charge in [-0.25, -0.2) is 4.79 Å². The number of carbonyl (C=O) groups is 1. The molecule has 1 aromatic carbocycles. The van der Waals surface area contributed by atoms with Gasteiger partial charge in [0.2, 0.25) is 0 Å². The summed E-state index contributed by atoms with van der Waals surface area (Å²) in [4.78, 5) is 14.2. The molecule has 0 radical (unpaired) electrons. The molecule has 134 valence electrons. The average Bonchev–Trinajstić information content (AvgIpc) is 2.95. The Hall–Kier alpha value is -1.79. The Morgan fingerprint density at radius 2 is 2.04 bits per heavy atom. The smallest absolute Gasteiger partial charge is 0.407 e. The molecule has 3 N–H and O–H groups in total. The molecule has 1 aliphatic rings. The largest absolute Gasteiger partial charge is 0.497 e. The second-order valence-electron chi connectivity index (χ2n) is 7.15. The van der Waals surface area contributed by atoms with Gasteiger partial charge in [-0.15, -0.1) is 0 Å². The van der Waals surface area contributed by atoms with Crippen LogP contribution in [0.5, 0.6) is 5.75 Å². The lowest BCUT2D eigenvalue weighted by atomic mass is 10.1. The van der Waals surface area contributed by atoms with Crippen LogP contribution >= 0.6 is 0 Å². The molecule has 1 saturated heterocycles. The summed E-state index contributed by atoms with van der Waals surface area (Å²) in [7, 11) is 1.66. The molecule has 0 saturated carbocycles. The molecule has 0 bridgehead atoms. The van der Waals surface area contributed by atoms with Crippen molar-refractivity contribution in [1.82, 2.24) is 10.2 Å². The molecule has 24 heavy (non-hydrogen) atoms. The third-order valence-corrected chi connectivity index (χ3v) is 4.11. The highest BCUT2D eigenvalue weighted by Crippen LogP contribution is 2.26. The number of amides is 1. The average molecular weight is 335 g/mol. The fraction of sp³-hybridized carbons (Fsp3) is 0.611. The molecule has 1 aliphatic heterocycles. The standard InChI is InChI=1S/C18H29N3O3/c1-18(2,3)24-17(22)20-14-9-10-21(12-14)16(11-19)13-5-7-15(23-4)8-6-13/h5-8,14,16H,9-12,19H2,1-4H3,(H,20,22)/t14-,16+/m1/s1. The lowest BCUT2D eigenvalue weighted by molar-refractivity contribution is 0.0504. The first-order valence-electron chi connectivity index (χ1n) is 8.40. The summed E-state index contributed by atoms with van der Waals surface area (Å²) in [6.45, 7) is 7.79. The number of nitrogens with one attached hydrogen (secondary N) is 1. The Morgan fingerprint density at radius 1 is 1.38 bits per heavy atom. The summed E-state index contributed by atoms with van der Waals surface area (Å²) in [5, 5.41) is 2.95. The number of hydrogen-bond acceptors (Lipinski definition) is 5. The molecular weight excluding hydrogens is 306 g/mol. The Bertz CT molecular complexity index is 539. The Labute approximate surface area is 144 Å². The van der Waals surface area contributed by atoms with Crippen LogP contribution in [0.15, 0.2) is 24.3 Å².